The summed E-state index contributed by atoms with van der Waals surface area (Å²) in [6.07, 6.45) is 4.31. The summed E-state index contributed by atoms with van der Waals surface area (Å²) in [6, 6.07) is 0. The number of hydrogen-bond acceptors (Lipinski definition) is 6. The fourth-order valence-corrected chi connectivity index (χ4v) is 1.43. The molecule has 1 heterocycles. The third kappa shape index (κ3) is 4.54. The first-order valence-electron chi connectivity index (χ1n) is 5.84. The van der Waals surface area contributed by atoms with Crippen molar-refractivity contribution in [3.8, 4) is 0 Å². The van der Waals surface area contributed by atoms with Gasteiger partial charge in [0.2, 0.25) is 0 Å². The van der Waals surface area contributed by atoms with E-state index in [2.05, 4.69) is 22.2 Å². The molecule has 0 atom stereocenters. The lowest BCUT2D eigenvalue weighted by Crippen LogP contribution is -2.30. The van der Waals surface area contributed by atoms with Crippen LogP contribution < -0.4 is 10.2 Å². The lowest BCUT2D eigenvalue weighted by atomic mass is 10.4. The number of nitrogens with one attached hydrogen (secondary N) is 1. The van der Waals surface area contributed by atoms with Gasteiger partial charge in [0, 0.05) is 19.6 Å². The van der Waals surface area contributed by atoms with Gasteiger partial charge in [-0.2, -0.15) is 0 Å². The van der Waals surface area contributed by atoms with Crippen LogP contribution in [0.25, 0.3) is 0 Å². The maximum atomic E-state index is 8.95. The molecule has 0 aromatic carbocycles. The molecule has 96 valence electrons. The predicted molar refractivity (Wildman–Crippen MR) is 67.2 cm³/mol. The minimum atomic E-state index is 0.0221. The van der Waals surface area contributed by atoms with Crippen molar-refractivity contribution in [2.75, 3.05) is 43.1 Å². The maximum absolute atomic E-state index is 8.95. The SMILES string of the molecule is CCCNc1cncc(N(CCO)CCO)n1. The molecule has 0 aliphatic rings. The number of aromatic nitrogens is 2. The number of aliphatic hydroxyl groups excluding tert-OH is 2. The molecule has 1 rings (SSSR count). The molecule has 17 heavy (non-hydrogen) atoms. The van der Waals surface area contributed by atoms with Crippen LogP contribution in [-0.4, -0.2) is 53.0 Å². The molecule has 3 N–H and O–H groups in total. The Labute approximate surface area is 101 Å². The quantitative estimate of drug-likeness (QED) is 0.597. The van der Waals surface area contributed by atoms with Crippen molar-refractivity contribution in [1.29, 1.82) is 0 Å². The molecule has 1 aromatic rings. The Morgan fingerprint density at radius 1 is 1.24 bits per heavy atom. The topological polar surface area (TPSA) is 81.5 Å². The van der Waals surface area contributed by atoms with Crippen LogP contribution in [0.5, 0.6) is 0 Å². The van der Waals surface area contributed by atoms with Gasteiger partial charge in [-0.1, -0.05) is 6.92 Å². The zero-order valence-electron chi connectivity index (χ0n) is 10.1. The Morgan fingerprint density at radius 2 is 1.94 bits per heavy atom. The smallest absolute Gasteiger partial charge is 0.149 e. The average molecular weight is 240 g/mol. The summed E-state index contributed by atoms with van der Waals surface area (Å²) >= 11 is 0. The van der Waals surface area contributed by atoms with Crippen molar-refractivity contribution in [3.63, 3.8) is 0 Å². The second-order valence-electron chi connectivity index (χ2n) is 3.62. The highest BCUT2D eigenvalue weighted by Gasteiger charge is 2.07. The van der Waals surface area contributed by atoms with Gasteiger partial charge >= 0.3 is 0 Å². The standard InChI is InChI=1S/C11H20N4O2/c1-2-3-13-10-8-12-9-11(14-10)15(4-6-16)5-7-17/h8-9,16-17H,2-7H2,1H3,(H,13,14). The van der Waals surface area contributed by atoms with Gasteiger partial charge in [-0.05, 0) is 6.42 Å². The summed E-state index contributed by atoms with van der Waals surface area (Å²) in [4.78, 5) is 10.3. The van der Waals surface area contributed by atoms with E-state index in [1.54, 1.807) is 17.3 Å². The van der Waals surface area contributed by atoms with Crippen LogP contribution in [0.2, 0.25) is 0 Å². The van der Waals surface area contributed by atoms with Crippen molar-refractivity contribution in [1.82, 2.24) is 9.97 Å². The lowest BCUT2D eigenvalue weighted by molar-refractivity contribution is 0.280. The molecule has 0 fully saturated rings. The summed E-state index contributed by atoms with van der Waals surface area (Å²) in [5.74, 6) is 1.37. The number of nitrogens with zero attached hydrogens (tertiary/aromatic N) is 3. The zero-order chi connectivity index (χ0) is 12.5. The van der Waals surface area contributed by atoms with Crippen molar-refractivity contribution in [2.45, 2.75) is 13.3 Å². The molecule has 0 saturated carbocycles. The minimum absolute atomic E-state index is 0.0221. The summed E-state index contributed by atoms with van der Waals surface area (Å²) < 4.78 is 0. The Morgan fingerprint density at radius 3 is 2.53 bits per heavy atom. The molecular formula is C11H20N4O2. The molecule has 0 saturated heterocycles. The van der Waals surface area contributed by atoms with Crippen molar-refractivity contribution < 1.29 is 10.2 Å². The number of anilines is 2. The molecule has 0 unspecified atom stereocenters. The number of rotatable bonds is 8. The van der Waals surface area contributed by atoms with Gasteiger partial charge in [0.1, 0.15) is 11.6 Å². The molecule has 0 amide bonds. The van der Waals surface area contributed by atoms with Crippen LogP contribution in [0.4, 0.5) is 11.6 Å². The van der Waals surface area contributed by atoms with Crippen molar-refractivity contribution in [2.24, 2.45) is 0 Å². The molecule has 0 bridgehead atoms. The predicted octanol–water partition coefficient (Wildman–Crippen LogP) is 0.0895. The average Bonchev–Trinajstić information content (AvgIpc) is 2.36. The van der Waals surface area contributed by atoms with E-state index >= 15 is 0 Å². The first kappa shape index (κ1) is 13.7. The molecule has 0 radical (unpaired) electrons. The monoisotopic (exact) mass is 240 g/mol. The van der Waals surface area contributed by atoms with Crippen LogP contribution in [0.15, 0.2) is 12.4 Å². The summed E-state index contributed by atoms with van der Waals surface area (Å²) in [5.41, 5.74) is 0. The van der Waals surface area contributed by atoms with E-state index in [1.807, 2.05) is 0 Å². The van der Waals surface area contributed by atoms with Crippen LogP contribution in [0, 0.1) is 0 Å². The molecule has 0 spiro atoms. The van der Waals surface area contributed by atoms with Gasteiger partial charge in [0.25, 0.3) is 0 Å². The Balaban J connectivity index is 2.72. The summed E-state index contributed by atoms with van der Waals surface area (Å²) in [7, 11) is 0. The van der Waals surface area contributed by atoms with E-state index in [9.17, 15) is 0 Å². The maximum Gasteiger partial charge on any atom is 0.149 e. The van der Waals surface area contributed by atoms with Crippen LogP contribution >= 0.6 is 0 Å². The van der Waals surface area contributed by atoms with E-state index < -0.39 is 0 Å². The lowest BCUT2D eigenvalue weighted by Gasteiger charge is -2.21. The zero-order valence-corrected chi connectivity index (χ0v) is 10.1. The summed E-state index contributed by atoms with van der Waals surface area (Å²) in [5, 5.41) is 21.0. The Hall–Kier alpha value is -1.40. The van der Waals surface area contributed by atoms with Gasteiger partial charge in [0.05, 0.1) is 25.6 Å². The first-order valence-corrected chi connectivity index (χ1v) is 5.84. The van der Waals surface area contributed by atoms with Gasteiger partial charge in [-0.3, -0.25) is 4.98 Å². The molecule has 1 aromatic heterocycles. The highest BCUT2D eigenvalue weighted by molar-refractivity contribution is 5.43. The van der Waals surface area contributed by atoms with Gasteiger partial charge in [-0.15, -0.1) is 0 Å². The number of aliphatic hydroxyl groups is 2. The molecule has 0 aliphatic carbocycles. The molecule has 0 aliphatic heterocycles. The Bertz CT molecular complexity index is 316. The van der Waals surface area contributed by atoms with E-state index in [0.717, 1.165) is 13.0 Å². The molecular weight excluding hydrogens is 220 g/mol. The van der Waals surface area contributed by atoms with E-state index in [-0.39, 0.29) is 13.2 Å². The van der Waals surface area contributed by atoms with E-state index in [4.69, 9.17) is 10.2 Å². The normalized spacial score (nSPS) is 10.3. The van der Waals surface area contributed by atoms with Crippen LogP contribution in [-0.2, 0) is 0 Å². The summed E-state index contributed by atoms with van der Waals surface area (Å²) in [6.45, 7) is 3.84. The van der Waals surface area contributed by atoms with Gasteiger partial charge in [-0.25, -0.2) is 4.98 Å². The highest BCUT2D eigenvalue weighted by Crippen LogP contribution is 2.11. The van der Waals surface area contributed by atoms with Crippen molar-refractivity contribution >= 4 is 11.6 Å². The number of hydrogen-bond donors (Lipinski definition) is 3. The van der Waals surface area contributed by atoms with E-state index in [1.165, 1.54) is 0 Å². The van der Waals surface area contributed by atoms with Crippen molar-refractivity contribution in [3.05, 3.63) is 12.4 Å². The second kappa shape index (κ2) is 7.81. The largest absolute Gasteiger partial charge is 0.395 e. The third-order valence-corrected chi connectivity index (χ3v) is 2.24. The van der Waals surface area contributed by atoms with Crippen LogP contribution in [0.3, 0.4) is 0 Å². The van der Waals surface area contributed by atoms with Crippen LogP contribution in [0.1, 0.15) is 13.3 Å². The first-order chi connectivity index (χ1) is 8.31. The molecule has 6 heteroatoms. The Kier molecular flexibility index (Phi) is 6.27. The second-order valence-corrected chi connectivity index (χ2v) is 3.62. The van der Waals surface area contributed by atoms with Gasteiger partial charge < -0.3 is 20.4 Å². The fourth-order valence-electron chi connectivity index (χ4n) is 1.43. The molecule has 6 nitrogen and oxygen atoms in total. The fraction of sp³-hybridized carbons (Fsp3) is 0.636. The van der Waals surface area contributed by atoms with Gasteiger partial charge in [0.15, 0.2) is 0 Å². The third-order valence-electron chi connectivity index (χ3n) is 2.24. The highest BCUT2D eigenvalue weighted by atomic mass is 16.3. The van der Waals surface area contributed by atoms with E-state index in [0.29, 0.717) is 24.7 Å². The minimum Gasteiger partial charge on any atom is -0.395 e.